The molecular formula is C15H18BrNO4. The molecule has 1 aliphatic rings. The van der Waals surface area contributed by atoms with Crippen molar-refractivity contribution in [2.45, 2.75) is 44.4 Å². The van der Waals surface area contributed by atoms with Gasteiger partial charge in [-0.05, 0) is 38.3 Å². The highest BCUT2D eigenvalue weighted by Crippen LogP contribution is 2.29. The Morgan fingerprint density at radius 1 is 1.29 bits per heavy atom. The first-order chi connectivity index (χ1) is 9.81. The molecule has 0 aliphatic carbocycles. The number of rotatable bonds is 4. The Labute approximate surface area is 131 Å². The molecule has 114 valence electrons. The van der Waals surface area contributed by atoms with Gasteiger partial charge in [-0.2, -0.15) is 0 Å². The predicted molar refractivity (Wildman–Crippen MR) is 80.8 cm³/mol. The first-order valence-corrected chi connectivity index (χ1v) is 7.56. The van der Waals surface area contributed by atoms with E-state index in [0.29, 0.717) is 12.8 Å². The van der Waals surface area contributed by atoms with Crippen molar-refractivity contribution in [3.63, 3.8) is 0 Å². The van der Waals surface area contributed by atoms with Crippen LogP contribution in [0.15, 0.2) is 28.7 Å². The van der Waals surface area contributed by atoms with Crippen molar-refractivity contribution in [2.75, 3.05) is 0 Å². The van der Waals surface area contributed by atoms with Crippen molar-refractivity contribution in [1.29, 1.82) is 0 Å². The Morgan fingerprint density at radius 2 is 1.90 bits per heavy atom. The Balaban J connectivity index is 2.06. The van der Waals surface area contributed by atoms with E-state index in [9.17, 15) is 9.59 Å². The first kappa shape index (κ1) is 16.0. The summed E-state index contributed by atoms with van der Waals surface area (Å²) in [5.74, 6) is -1.30. The smallest absolute Gasteiger partial charge is 0.332 e. The maximum absolute atomic E-state index is 12.3. The fourth-order valence-corrected chi connectivity index (χ4v) is 3.22. The molecule has 2 atom stereocenters. The van der Waals surface area contributed by atoms with E-state index in [1.54, 1.807) is 0 Å². The molecule has 1 amide bonds. The number of hydrogen-bond acceptors (Lipinski definition) is 3. The summed E-state index contributed by atoms with van der Waals surface area (Å²) in [5, 5.41) is 11.8. The van der Waals surface area contributed by atoms with E-state index in [4.69, 9.17) is 9.84 Å². The van der Waals surface area contributed by atoms with Crippen LogP contribution in [-0.4, -0.2) is 29.2 Å². The van der Waals surface area contributed by atoms with Crippen LogP contribution in [-0.2, 0) is 19.9 Å². The summed E-state index contributed by atoms with van der Waals surface area (Å²) in [6.07, 6.45) is -0.794. The molecule has 1 aliphatic heterocycles. The highest BCUT2D eigenvalue weighted by atomic mass is 79.9. The number of aliphatic carboxylic acids is 1. The molecule has 2 rings (SSSR count). The Kier molecular flexibility index (Phi) is 4.68. The van der Waals surface area contributed by atoms with Gasteiger partial charge in [-0.1, -0.05) is 34.1 Å². The number of halogens is 1. The van der Waals surface area contributed by atoms with Crippen LogP contribution < -0.4 is 5.32 Å². The molecule has 0 radical (unpaired) electrons. The molecule has 21 heavy (non-hydrogen) atoms. The van der Waals surface area contributed by atoms with E-state index in [1.165, 1.54) is 0 Å². The lowest BCUT2D eigenvalue weighted by molar-refractivity contribution is -0.152. The first-order valence-electron chi connectivity index (χ1n) is 6.76. The summed E-state index contributed by atoms with van der Waals surface area (Å²) < 4.78 is 6.18. The van der Waals surface area contributed by atoms with E-state index >= 15 is 0 Å². The minimum atomic E-state index is -1.02. The number of carbonyl (C=O) groups is 2. The van der Waals surface area contributed by atoms with Crippen molar-refractivity contribution in [1.82, 2.24) is 5.32 Å². The molecule has 1 heterocycles. The third-order valence-corrected chi connectivity index (χ3v) is 4.26. The van der Waals surface area contributed by atoms with E-state index in [2.05, 4.69) is 21.2 Å². The van der Waals surface area contributed by atoms with Crippen molar-refractivity contribution < 1.29 is 19.4 Å². The van der Waals surface area contributed by atoms with E-state index in [-0.39, 0.29) is 5.91 Å². The Bertz CT molecular complexity index is 558. The number of carboxylic acids is 1. The van der Waals surface area contributed by atoms with Crippen molar-refractivity contribution >= 4 is 27.8 Å². The second kappa shape index (κ2) is 6.15. The number of nitrogens with one attached hydrogen (secondary N) is 1. The maximum Gasteiger partial charge on any atom is 0.332 e. The minimum Gasteiger partial charge on any atom is -0.479 e. The average Bonchev–Trinajstić information content (AvgIpc) is 2.88. The minimum absolute atomic E-state index is 0.278. The van der Waals surface area contributed by atoms with Crippen LogP contribution >= 0.6 is 15.9 Å². The summed E-state index contributed by atoms with van der Waals surface area (Å²) in [6, 6.07) is 7.65. The van der Waals surface area contributed by atoms with E-state index in [0.717, 1.165) is 10.0 Å². The highest BCUT2D eigenvalue weighted by Gasteiger charge is 2.37. The zero-order valence-corrected chi connectivity index (χ0v) is 13.5. The fraction of sp³-hybridized carbons (Fsp3) is 0.467. The maximum atomic E-state index is 12.3. The molecule has 2 N–H and O–H groups in total. The SMILES string of the molecule is CC(C)(NC(=O)[C@@H]1CC[C@H](C(=O)O)O1)c1ccccc1Br. The second-order valence-electron chi connectivity index (χ2n) is 5.62. The average molecular weight is 356 g/mol. The molecule has 0 spiro atoms. The Morgan fingerprint density at radius 3 is 2.48 bits per heavy atom. The van der Waals surface area contributed by atoms with Gasteiger partial charge < -0.3 is 15.2 Å². The normalized spacial score (nSPS) is 22.0. The number of amides is 1. The zero-order chi connectivity index (χ0) is 15.6. The topological polar surface area (TPSA) is 75.6 Å². The lowest BCUT2D eigenvalue weighted by Crippen LogP contribution is -2.46. The van der Waals surface area contributed by atoms with Gasteiger partial charge in [0.25, 0.3) is 0 Å². The molecular weight excluding hydrogens is 338 g/mol. The van der Waals surface area contributed by atoms with Crippen LogP contribution in [0, 0.1) is 0 Å². The van der Waals surface area contributed by atoms with Gasteiger partial charge in [0.15, 0.2) is 6.10 Å². The van der Waals surface area contributed by atoms with Gasteiger partial charge in [-0.3, -0.25) is 4.79 Å². The number of hydrogen-bond donors (Lipinski definition) is 2. The van der Waals surface area contributed by atoms with Gasteiger partial charge in [-0.15, -0.1) is 0 Å². The summed E-state index contributed by atoms with van der Waals surface area (Å²) >= 11 is 3.47. The van der Waals surface area contributed by atoms with Gasteiger partial charge in [0, 0.05) is 4.47 Å². The van der Waals surface area contributed by atoms with Crippen molar-refractivity contribution in [3.8, 4) is 0 Å². The predicted octanol–water partition coefficient (Wildman–Crippen LogP) is 2.43. The van der Waals surface area contributed by atoms with Gasteiger partial charge >= 0.3 is 5.97 Å². The van der Waals surface area contributed by atoms with Crippen LogP contribution in [0.25, 0.3) is 0 Å². The number of benzene rings is 1. The van der Waals surface area contributed by atoms with Gasteiger partial charge in [-0.25, -0.2) is 4.79 Å². The number of carbonyl (C=O) groups excluding carboxylic acids is 1. The molecule has 5 nitrogen and oxygen atoms in total. The van der Waals surface area contributed by atoms with Gasteiger partial charge in [0.05, 0.1) is 5.54 Å². The van der Waals surface area contributed by atoms with Gasteiger partial charge in [0.2, 0.25) is 5.91 Å². The molecule has 0 bridgehead atoms. The van der Waals surface area contributed by atoms with E-state index < -0.39 is 23.7 Å². The molecule has 0 unspecified atom stereocenters. The van der Waals surface area contributed by atoms with Crippen LogP contribution in [0.4, 0.5) is 0 Å². The van der Waals surface area contributed by atoms with Crippen LogP contribution in [0.2, 0.25) is 0 Å². The molecule has 1 fully saturated rings. The highest BCUT2D eigenvalue weighted by molar-refractivity contribution is 9.10. The van der Waals surface area contributed by atoms with Crippen molar-refractivity contribution in [2.24, 2.45) is 0 Å². The molecule has 0 aromatic heterocycles. The lowest BCUT2D eigenvalue weighted by atomic mass is 9.94. The van der Waals surface area contributed by atoms with Crippen LogP contribution in [0.3, 0.4) is 0 Å². The summed E-state index contributed by atoms with van der Waals surface area (Å²) in [4.78, 5) is 23.1. The third-order valence-electron chi connectivity index (χ3n) is 3.57. The standard InChI is InChI=1S/C15H18BrNO4/c1-15(2,9-5-3-4-6-10(9)16)17-13(18)11-7-8-12(21-11)14(19)20/h3-6,11-12H,7-8H2,1-2H3,(H,17,18)(H,19,20)/t11-,12+/m0/s1. The molecule has 1 aromatic rings. The number of carboxylic acid groups (broad SMARTS) is 1. The summed E-state index contributed by atoms with van der Waals surface area (Å²) in [5.41, 5.74) is 0.369. The summed E-state index contributed by atoms with van der Waals surface area (Å²) in [7, 11) is 0. The second-order valence-corrected chi connectivity index (χ2v) is 6.48. The molecule has 1 aromatic carbocycles. The monoisotopic (exact) mass is 355 g/mol. The van der Waals surface area contributed by atoms with Crippen molar-refractivity contribution in [3.05, 3.63) is 34.3 Å². The van der Waals surface area contributed by atoms with Crippen LogP contribution in [0.5, 0.6) is 0 Å². The lowest BCUT2D eigenvalue weighted by Gasteiger charge is -2.29. The molecule has 1 saturated heterocycles. The quantitative estimate of drug-likeness (QED) is 0.869. The third kappa shape index (κ3) is 3.63. The van der Waals surface area contributed by atoms with E-state index in [1.807, 2.05) is 38.1 Å². The van der Waals surface area contributed by atoms with Crippen LogP contribution in [0.1, 0.15) is 32.3 Å². The molecule has 6 heteroatoms. The number of ether oxygens (including phenoxy) is 1. The molecule has 0 saturated carbocycles. The summed E-state index contributed by atoms with van der Waals surface area (Å²) in [6.45, 7) is 3.79. The Hall–Kier alpha value is -1.40. The largest absolute Gasteiger partial charge is 0.479 e. The van der Waals surface area contributed by atoms with Gasteiger partial charge in [0.1, 0.15) is 6.10 Å². The zero-order valence-electron chi connectivity index (χ0n) is 11.9. The fourth-order valence-electron chi connectivity index (χ4n) is 2.44.